The van der Waals surface area contributed by atoms with Crippen LogP contribution in [-0.4, -0.2) is 82.3 Å². The number of halogens is 1. The molecule has 43 heavy (non-hydrogen) atoms. The third-order valence-electron chi connectivity index (χ3n) is 6.97. The van der Waals surface area contributed by atoms with Crippen molar-refractivity contribution in [1.82, 2.24) is 21.3 Å². The van der Waals surface area contributed by atoms with E-state index in [1.807, 2.05) is 36.4 Å². The number of carboxylic acid groups (broad SMARTS) is 1. The quantitative estimate of drug-likeness (QED) is 0.296. The van der Waals surface area contributed by atoms with Crippen molar-refractivity contribution >= 4 is 35.8 Å². The van der Waals surface area contributed by atoms with Gasteiger partial charge in [0.15, 0.2) is 6.61 Å². The molecule has 0 fully saturated rings. The van der Waals surface area contributed by atoms with E-state index in [9.17, 15) is 14.4 Å². The van der Waals surface area contributed by atoms with Gasteiger partial charge in [0.1, 0.15) is 5.75 Å². The van der Waals surface area contributed by atoms with E-state index in [0.717, 1.165) is 24.1 Å². The maximum absolute atomic E-state index is 13.8. The van der Waals surface area contributed by atoms with Crippen LogP contribution in [0, 0.1) is 5.41 Å². The van der Waals surface area contributed by atoms with Gasteiger partial charge in [-0.1, -0.05) is 41.9 Å². The van der Waals surface area contributed by atoms with Crippen LogP contribution in [0.2, 0.25) is 5.02 Å². The summed E-state index contributed by atoms with van der Waals surface area (Å²) in [5.74, 6) is 0.132. The Balaban J connectivity index is 0.00000206. The summed E-state index contributed by atoms with van der Waals surface area (Å²) < 4.78 is 11.0. The van der Waals surface area contributed by atoms with Crippen molar-refractivity contribution in [3.05, 3.63) is 64.7 Å². The molecule has 2 aliphatic heterocycles. The molecule has 0 radical (unpaired) electrons. The molecule has 12 heteroatoms. The van der Waals surface area contributed by atoms with Gasteiger partial charge in [0.2, 0.25) is 11.8 Å². The normalized spacial score (nSPS) is 18.6. The van der Waals surface area contributed by atoms with E-state index in [1.54, 1.807) is 19.2 Å². The summed E-state index contributed by atoms with van der Waals surface area (Å²) >= 11 is 6.30. The summed E-state index contributed by atoms with van der Waals surface area (Å²) in [7, 11) is 1.60. The number of fused-ring (bicyclic) bond motifs is 17. The summed E-state index contributed by atoms with van der Waals surface area (Å²) in [6, 6.07) is 14.9. The number of ether oxygens (including phenoxy) is 2. The Morgan fingerprint density at radius 3 is 2.51 bits per heavy atom. The first kappa shape index (κ1) is 35.5. The van der Waals surface area contributed by atoms with Crippen molar-refractivity contribution in [3.63, 3.8) is 0 Å². The zero-order chi connectivity index (χ0) is 31.3. The van der Waals surface area contributed by atoms with E-state index >= 15 is 0 Å². The topological polar surface area (TPSA) is 155 Å². The smallest absolute Gasteiger partial charge is 0.290 e. The molecule has 5 N–H and O–H groups in total. The Morgan fingerprint density at radius 1 is 1.07 bits per heavy atom. The van der Waals surface area contributed by atoms with Crippen LogP contribution in [0.4, 0.5) is 0 Å². The second kappa shape index (κ2) is 20.3. The molecule has 2 aliphatic rings. The molecular formula is C31H43ClN4O7. The first-order valence-electron chi connectivity index (χ1n) is 14.4. The number of amides is 3. The van der Waals surface area contributed by atoms with Crippen LogP contribution in [0.1, 0.15) is 36.8 Å². The van der Waals surface area contributed by atoms with E-state index < -0.39 is 5.41 Å². The SMILES string of the molecule is COCCC1(C(=O)NCCc2ccccc2Cl)CNC(=O)CCCNCCCNC(=O)COc2ccc(cc2)C1.O=CO. The number of methoxy groups -OCH3 is 1. The Labute approximate surface area is 258 Å². The third-order valence-corrected chi connectivity index (χ3v) is 7.34. The predicted octanol–water partition coefficient (Wildman–Crippen LogP) is 2.35. The number of nitrogens with one attached hydrogen (secondary N) is 4. The lowest BCUT2D eigenvalue weighted by Crippen LogP contribution is -2.51. The average Bonchev–Trinajstić information content (AvgIpc) is 3.00. The molecule has 0 spiro atoms. The second-order valence-corrected chi connectivity index (χ2v) is 10.6. The molecular weight excluding hydrogens is 576 g/mol. The molecule has 4 rings (SSSR count). The van der Waals surface area contributed by atoms with Crippen LogP contribution in [0.25, 0.3) is 0 Å². The van der Waals surface area contributed by atoms with Gasteiger partial charge in [0.25, 0.3) is 12.4 Å². The van der Waals surface area contributed by atoms with Crippen molar-refractivity contribution in [1.29, 1.82) is 0 Å². The minimum absolute atomic E-state index is 0.0651. The van der Waals surface area contributed by atoms with Crippen LogP contribution >= 0.6 is 11.6 Å². The number of benzene rings is 2. The Hall–Kier alpha value is -3.67. The molecule has 1 unspecified atom stereocenters. The molecule has 0 aliphatic carbocycles. The molecule has 2 heterocycles. The molecule has 2 aromatic carbocycles. The van der Waals surface area contributed by atoms with E-state index in [2.05, 4.69) is 21.3 Å². The number of rotatable bonds is 7. The highest BCUT2D eigenvalue weighted by molar-refractivity contribution is 6.31. The fourth-order valence-electron chi connectivity index (χ4n) is 4.60. The van der Waals surface area contributed by atoms with E-state index in [1.165, 1.54) is 0 Å². The van der Waals surface area contributed by atoms with Gasteiger partial charge in [-0.25, -0.2) is 0 Å². The Kier molecular flexibility index (Phi) is 16.7. The monoisotopic (exact) mass is 618 g/mol. The fraction of sp³-hybridized carbons (Fsp3) is 0.484. The van der Waals surface area contributed by atoms with Crippen molar-refractivity contribution in [2.24, 2.45) is 5.41 Å². The minimum Gasteiger partial charge on any atom is -0.484 e. The van der Waals surface area contributed by atoms with Gasteiger partial charge >= 0.3 is 0 Å². The fourth-order valence-corrected chi connectivity index (χ4v) is 4.83. The van der Waals surface area contributed by atoms with Crippen LogP contribution in [-0.2, 0) is 36.8 Å². The zero-order valence-electron chi connectivity index (χ0n) is 24.7. The van der Waals surface area contributed by atoms with Crippen molar-refractivity contribution < 1.29 is 33.8 Å². The summed E-state index contributed by atoms with van der Waals surface area (Å²) in [6.45, 7) is 2.61. The lowest BCUT2D eigenvalue weighted by Gasteiger charge is -2.33. The van der Waals surface area contributed by atoms with Crippen molar-refractivity contribution in [2.75, 3.05) is 53.0 Å². The molecule has 0 saturated heterocycles. The number of carbonyl (C=O) groups excluding carboxylic acids is 3. The highest BCUT2D eigenvalue weighted by Gasteiger charge is 2.38. The summed E-state index contributed by atoms with van der Waals surface area (Å²) in [5.41, 5.74) is 0.924. The van der Waals surface area contributed by atoms with Gasteiger partial charge in [-0.3, -0.25) is 19.2 Å². The molecule has 2 aromatic rings. The van der Waals surface area contributed by atoms with E-state index in [-0.39, 0.29) is 37.3 Å². The van der Waals surface area contributed by atoms with Crippen molar-refractivity contribution in [3.8, 4) is 5.75 Å². The molecule has 3 amide bonds. The second-order valence-electron chi connectivity index (χ2n) is 10.2. The molecule has 0 saturated carbocycles. The van der Waals surface area contributed by atoms with Crippen molar-refractivity contribution in [2.45, 2.75) is 38.5 Å². The molecule has 236 valence electrons. The van der Waals surface area contributed by atoms with E-state index in [0.29, 0.717) is 69.1 Å². The third kappa shape index (κ3) is 13.5. The maximum Gasteiger partial charge on any atom is 0.290 e. The summed E-state index contributed by atoms with van der Waals surface area (Å²) in [5, 5.41) is 19.8. The summed E-state index contributed by atoms with van der Waals surface area (Å²) in [6.07, 6.45) is 3.19. The zero-order valence-corrected chi connectivity index (χ0v) is 25.4. The number of hydrogen-bond donors (Lipinski definition) is 5. The Bertz CT molecular complexity index is 1150. The van der Waals surface area contributed by atoms with E-state index in [4.69, 9.17) is 31.0 Å². The van der Waals surface area contributed by atoms with Gasteiger partial charge in [-0.05, 0) is 74.5 Å². The molecule has 2 bridgehead atoms. The molecule has 1 atom stereocenters. The predicted molar refractivity (Wildman–Crippen MR) is 164 cm³/mol. The highest BCUT2D eigenvalue weighted by atomic mass is 35.5. The van der Waals surface area contributed by atoms with Gasteiger partial charge in [0.05, 0.1) is 5.41 Å². The highest BCUT2D eigenvalue weighted by Crippen LogP contribution is 2.29. The average molecular weight is 619 g/mol. The lowest BCUT2D eigenvalue weighted by atomic mass is 9.77. The first-order chi connectivity index (χ1) is 20.8. The largest absolute Gasteiger partial charge is 0.484 e. The van der Waals surface area contributed by atoms with Crippen LogP contribution in [0.3, 0.4) is 0 Å². The van der Waals surface area contributed by atoms with Crippen LogP contribution in [0.5, 0.6) is 5.75 Å². The standard InChI is InChI=1S/C30H41ClN4O5.CH2O2/c1-39-19-14-30(29(38)34-18-13-24-6-2-3-7-26(24)31)20-23-9-11-25(12-10-23)40-21-28(37)33-17-5-16-32-15-4-8-27(36)35-22-30;2-1-3/h2-3,6-7,9-12,32H,4-5,8,13-22H2,1H3,(H,33,37)(H,34,38)(H,35,36);1H,(H,2,3). The Morgan fingerprint density at radius 2 is 1.79 bits per heavy atom. The minimum atomic E-state index is -0.937. The molecule has 11 nitrogen and oxygen atoms in total. The molecule has 0 aromatic heterocycles. The van der Waals surface area contributed by atoms with Crippen LogP contribution in [0.15, 0.2) is 48.5 Å². The number of carbonyl (C=O) groups is 4. The maximum atomic E-state index is 13.8. The van der Waals surface area contributed by atoms with Gasteiger partial charge in [-0.2, -0.15) is 0 Å². The number of hydrogen-bond acceptors (Lipinski definition) is 7. The summed E-state index contributed by atoms with van der Waals surface area (Å²) in [4.78, 5) is 47.0. The van der Waals surface area contributed by atoms with Gasteiger partial charge in [-0.15, -0.1) is 0 Å². The lowest BCUT2D eigenvalue weighted by molar-refractivity contribution is -0.133. The van der Waals surface area contributed by atoms with Gasteiger partial charge < -0.3 is 35.8 Å². The first-order valence-corrected chi connectivity index (χ1v) is 14.8. The van der Waals surface area contributed by atoms with Gasteiger partial charge in [0, 0.05) is 44.8 Å². The van der Waals surface area contributed by atoms with Crippen LogP contribution < -0.4 is 26.0 Å².